The van der Waals surface area contributed by atoms with E-state index in [0.717, 1.165) is 41.4 Å². The zero-order valence-corrected chi connectivity index (χ0v) is 30.2. The highest BCUT2D eigenvalue weighted by molar-refractivity contribution is 5.92. The van der Waals surface area contributed by atoms with E-state index in [1.165, 1.54) is 18.2 Å². The van der Waals surface area contributed by atoms with E-state index in [4.69, 9.17) is 20.3 Å². The molecule has 2 heterocycles. The summed E-state index contributed by atoms with van der Waals surface area (Å²) < 4.78 is 38.5. The Morgan fingerprint density at radius 2 is 1.13 bits per heavy atom. The van der Waals surface area contributed by atoms with E-state index in [1.807, 2.05) is 96.4 Å². The number of carboxylic acids is 1. The third-order valence-corrected chi connectivity index (χ3v) is 8.47. The number of aliphatic carboxylic acids is 1. The first-order chi connectivity index (χ1) is 25.6. The minimum Gasteiger partial charge on any atom is -0.478 e. The molecule has 0 aliphatic carbocycles. The smallest absolute Gasteiger partial charge is 0.328 e. The van der Waals surface area contributed by atoms with Gasteiger partial charge in [0.2, 0.25) is 5.91 Å². The quantitative estimate of drug-likeness (QED) is 0.158. The van der Waals surface area contributed by atoms with Crippen LogP contribution in [-0.2, 0) is 19.1 Å². The number of nitrogens with zero attached hydrogens (tertiary/aromatic N) is 2. The number of amides is 1. The lowest BCUT2D eigenvalue weighted by Gasteiger charge is -2.29. The van der Waals surface area contributed by atoms with Gasteiger partial charge in [-0.3, -0.25) is 4.79 Å². The topological polar surface area (TPSA) is 117 Å². The summed E-state index contributed by atoms with van der Waals surface area (Å²) in [5.41, 5.74) is 10.7. The first-order valence-corrected chi connectivity index (χ1v) is 17.6. The Morgan fingerprint density at radius 3 is 1.58 bits per heavy atom. The van der Waals surface area contributed by atoms with Crippen LogP contribution in [0.5, 0.6) is 0 Å². The summed E-state index contributed by atoms with van der Waals surface area (Å²) in [5.74, 6) is -1.54. The molecule has 11 heteroatoms. The fourth-order valence-electron chi connectivity index (χ4n) is 5.52. The van der Waals surface area contributed by atoms with Crippen molar-refractivity contribution in [3.05, 3.63) is 143 Å². The minimum absolute atomic E-state index is 0.0691. The van der Waals surface area contributed by atoms with Crippen LogP contribution in [0.2, 0.25) is 0 Å². The average Bonchev–Trinajstić information content (AvgIpc) is 3.18. The van der Waals surface area contributed by atoms with Gasteiger partial charge in [-0.25, -0.2) is 13.6 Å². The largest absolute Gasteiger partial charge is 0.478 e. The number of anilines is 2. The Balaban J connectivity index is 0.000000197. The monoisotopic (exact) mass is 726 g/mol. The lowest BCUT2D eigenvalue weighted by atomic mass is 10.1. The number of benzene rings is 4. The summed E-state index contributed by atoms with van der Waals surface area (Å²) in [6.45, 7) is 9.10. The van der Waals surface area contributed by atoms with Crippen LogP contribution >= 0.6 is 0 Å². The molecule has 4 aromatic rings. The van der Waals surface area contributed by atoms with E-state index in [2.05, 4.69) is 5.32 Å². The number of hydrogen-bond acceptors (Lipinski definition) is 7. The lowest BCUT2D eigenvalue weighted by Crippen LogP contribution is -2.37. The van der Waals surface area contributed by atoms with Crippen LogP contribution in [0.1, 0.15) is 48.2 Å². The molecule has 9 nitrogen and oxygen atoms in total. The highest BCUT2D eigenvalue weighted by atomic mass is 19.1. The maximum Gasteiger partial charge on any atom is 0.328 e. The summed E-state index contributed by atoms with van der Waals surface area (Å²) in [5, 5.41) is 11.2. The second-order valence-corrected chi connectivity index (χ2v) is 12.5. The van der Waals surface area contributed by atoms with Crippen molar-refractivity contribution in [3.63, 3.8) is 0 Å². The molecule has 280 valence electrons. The van der Waals surface area contributed by atoms with Crippen LogP contribution in [0.3, 0.4) is 0 Å². The zero-order chi connectivity index (χ0) is 38.0. The molecule has 4 aromatic carbocycles. The predicted octanol–water partition coefficient (Wildman–Crippen LogP) is 7.02. The third-order valence-electron chi connectivity index (χ3n) is 8.47. The molecule has 0 bridgehead atoms. The van der Waals surface area contributed by atoms with Crippen LogP contribution in [0.25, 0.3) is 12.2 Å². The van der Waals surface area contributed by atoms with Gasteiger partial charge >= 0.3 is 5.97 Å². The average molecular weight is 727 g/mol. The first-order valence-electron chi connectivity index (χ1n) is 17.6. The Kier molecular flexibility index (Phi) is 16.2. The van der Waals surface area contributed by atoms with E-state index in [0.29, 0.717) is 50.9 Å². The summed E-state index contributed by atoms with van der Waals surface area (Å²) in [6, 6.07) is 28.7. The van der Waals surface area contributed by atoms with Gasteiger partial charge < -0.3 is 35.4 Å². The SMILES string of the molecule is CC(N)c1ccc(F)c(N2CCOCC2)c1.CC(NC(=O)/C=C/c1ccccc1)c1ccc(F)c(N2CCOCC2)c1.O=C(O)/C=C/c1ccccc1. The van der Waals surface area contributed by atoms with Gasteiger partial charge in [0.05, 0.1) is 43.8 Å². The summed E-state index contributed by atoms with van der Waals surface area (Å²) >= 11 is 0. The van der Waals surface area contributed by atoms with E-state index in [9.17, 15) is 18.4 Å². The molecule has 0 radical (unpaired) electrons. The maximum absolute atomic E-state index is 14.2. The number of rotatable bonds is 9. The van der Waals surface area contributed by atoms with Crippen molar-refractivity contribution in [3.8, 4) is 0 Å². The number of hydrogen-bond donors (Lipinski definition) is 3. The first kappa shape index (κ1) is 40.4. The third kappa shape index (κ3) is 13.6. The van der Waals surface area contributed by atoms with Crippen LogP contribution in [0.4, 0.5) is 20.2 Å². The molecule has 53 heavy (non-hydrogen) atoms. The van der Waals surface area contributed by atoms with Crippen molar-refractivity contribution in [1.29, 1.82) is 0 Å². The standard InChI is InChI=1S/C21H23FN2O2.C12H17FN2O.C9H8O2/c1-16(23-21(25)10-7-17-5-3-2-4-6-17)18-8-9-19(22)20(15-18)24-11-13-26-14-12-24;1-9(14)10-2-3-11(13)12(8-10)15-4-6-16-7-5-15;10-9(11)7-6-8-4-2-1-3-5-8/h2-10,15-16H,11-14H2,1H3,(H,23,25);2-3,8-9H,4-7,14H2,1H3;1-7H,(H,10,11)/b10-7+;;7-6+. The Morgan fingerprint density at radius 1 is 0.698 bits per heavy atom. The van der Waals surface area contributed by atoms with Gasteiger partial charge in [0.1, 0.15) is 11.6 Å². The summed E-state index contributed by atoms with van der Waals surface area (Å²) in [4.78, 5) is 26.2. The van der Waals surface area contributed by atoms with E-state index in [1.54, 1.807) is 24.3 Å². The number of carbonyl (C=O) groups excluding carboxylic acids is 1. The van der Waals surface area contributed by atoms with E-state index in [-0.39, 0.29) is 29.6 Å². The fraction of sp³-hybridized carbons (Fsp3) is 0.286. The van der Waals surface area contributed by atoms with Crippen molar-refractivity contribution >= 4 is 35.4 Å². The van der Waals surface area contributed by atoms with Gasteiger partial charge in [0.25, 0.3) is 0 Å². The lowest BCUT2D eigenvalue weighted by molar-refractivity contribution is -0.131. The normalized spacial score (nSPS) is 15.5. The van der Waals surface area contributed by atoms with Crippen LogP contribution in [0, 0.1) is 11.6 Å². The molecule has 0 spiro atoms. The number of halogens is 2. The Labute approximate surface area is 310 Å². The van der Waals surface area contributed by atoms with Gasteiger partial charge in [-0.05, 0) is 72.5 Å². The highest BCUT2D eigenvalue weighted by Gasteiger charge is 2.18. The highest BCUT2D eigenvalue weighted by Crippen LogP contribution is 2.26. The maximum atomic E-state index is 14.2. The van der Waals surface area contributed by atoms with Crippen LogP contribution in [-0.4, -0.2) is 69.6 Å². The Hall–Kier alpha value is -5.36. The number of carbonyl (C=O) groups is 2. The number of ether oxygens (including phenoxy) is 2. The molecule has 2 atom stereocenters. The predicted molar refractivity (Wildman–Crippen MR) is 207 cm³/mol. The summed E-state index contributed by atoms with van der Waals surface area (Å²) in [6.07, 6.45) is 5.96. The minimum atomic E-state index is -0.922. The molecule has 1 amide bonds. The molecule has 2 saturated heterocycles. The Bertz CT molecular complexity index is 1790. The molecule has 0 aromatic heterocycles. The molecule has 0 saturated carbocycles. The van der Waals surface area contributed by atoms with Crippen molar-refractivity contribution < 1.29 is 33.0 Å². The van der Waals surface area contributed by atoms with Gasteiger partial charge in [0.15, 0.2) is 0 Å². The van der Waals surface area contributed by atoms with Gasteiger partial charge in [0, 0.05) is 44.4 Å². The van der Waals surface area contributed by atoms with Crippen LogP contribution < -0.4 is 20.9 Å². The molecule has 2 unspecified atom stereocenters. The molecule has 2 fully saturated rings. The van der Waals surface area contributed by atoms with Gasteiger partial charge in [-0.15, -0.1) is 0 Å². The van der Waals surface area contributed by atoms with Crippen molar-refractivity contribution in [2.24, 2.45) is 5.73 Å². The molecular weight excluding hydrogens is 678 g/mol. The van der Waals surface area contributed by atoms with Crippen LogP contribution in [0.15, 0.2) is 109 Å². The summed E-state index contributed by atoms with van der Waals surface area (Å²) in [7, 11) is 0. The second kappa shape index (κ2) is 21.2. The zero-order valence-electron chi connectivity index (χ0n) is 30.2. The molecule has 4 N–H and O–H groups in total. The number of morpholine rings is 2. The van der Waals surface area contributed by atoms with Crippen molar-refractivity contribution in [2.75, 3.05) is 62.4 Å². The van der Waals surface area contributed by atoms with Crippen molar-refractivity contribution in [1.82, 2.24) is 5.32 Å². The van der Waals surface area contributed by atoms with E-state index >= 15 is 0 Å². The number of nitrogens with one attached hydrogen (secondary N) is 1. The van der Waals surface area contributed by atoms with Crippen molar-refractivity contribution in [2.45, 2.75) is 25.9 Å². The fourth-order valence-corrected chi connectivity index (χ4v) is 5.52. The number of carboxylic acid groups (broad SMARTS) is 1. The second-order valence-electron chi connectivity index (χ2n) is 12.5. The molecule has 2 aliphatic rings. The molecule has 2 aliphatic heterocycles. The van der Waals surface area contributed by atoms with Gasteiger partial charge in [-0.2, -0.15) is 0 Å². The van der Waals surface area contributed by atoms with E-state index < -0.39 is 5.97 Å². The molecule has 6 rings (SSSR count). The molecular formula is C42H48F2N4O5. The number of nitrogens with two attached hydrogens (primary N) is 1. The van der Waals surface area contributed by atoms with Gasteiger partial charge in [-0.1, -0.05) is 72.8 Å².